The SMILES string of the molecule is CN=C(NCc1ccc(-n2cncn2)cc1)N1CCC2(CCC2)C1. The van der Waals surface area contributed by atoms with Crippen LogP contribution in [-0.2, 0) is 6.54 Å². The molecule has 1 aliphatic heterocycles. The van der Waals surface area contributed by atoms with Gasteiger partial charge in [-0.25, -0.2) is 9.67 Å². The number of nitrogens with zero attached hydrogens (tertiary/aromatic N) is 5. The van der Waals surface area contributed by atoms with Crippen molar-refractivity contribution in [2.75, 3.05) is 20.1 Å². The summed E-state index contributed by atoms with van der Waals surface area (Å²) in [4.78, 5) is 10.9. The Bertz CT molecular complexity index is 700. The van der Waals surface area contributed by atoms with E-state index in [2.05, 4.69) is 49.6 Å². The van der Waals surface area contributed by atoms with Gasteiger partial charge in [0, 0.05) is 26.7 Å². The molecule has 24 heavy (non-hydrogen) atoms. The van der Waals surface area contributed by atoms with Crippen LogP contribution in [0.3, 0.4) is 0 Å². The highest BCUT2D eigenvalue weighted by Crippen LogP contribution is 2.47. The lowest BCUT2D eigenvalue weighted by atomic mass is 9.68. The van der Waals surface area contributed by atoms with Gasteiger partial charge in [0.05, 0.1) is 5.69 Å². The second kappa shape index (κ2) is 6.26. The predicted molar refractivity (Wildman–Crippen MR) is 94.0 cm³/mol. The Labute approximate surface area is 142 Å². The lowest BCUT2D eigenvalue weighted by Crippen LogP contribution is -2.42. The van der Waals surface area contributed by atoms with E-state index in [-0.39, 0.29) is 0 Å². The van der Waals surface area contributed by atoms with Gasteiger partial charge in [0.25, 0.3) is 0 Å². The van der Waals surface area contributed by atoms with Gasteiger partial charge in [-0.15, -0.1) is 0 Å². The van der Waals surface area contributed by atoms with E-state index in [1.807, 2.05) is 7.05 Å². The number of hydrogen-bond acceptors (Lipinski definition) is 3. The minimum atomic E-state index is 0.594. The van der Waals surface area contributed by atoms with Crippen molar-refractivity contribution < 1.29 is 0 Å². The van der Waals surface area contributed by atoms with Gasteiger partial charge in [-0.3, -0.25) is 4.99 Å². The maximum Gasteiger partial charge on any atom is 0.193 e. The lowest BCUT2D eigenvalue weighted by Gasteiger charge is -2.38. The number of benzene rings is 1. The summed E-state index contributed by atoms with van der Waals surface area (Å²) in [6.07, 6.45) is 8.76. The van der Waals surface area contributed by atoms with Gasteiger partial charge in [-0.05, 0) is 42.4 Å². The van der Waals surface area contributed by atoms with Crippen LogP contribution in [0.1, 0.15) is 31.2 Å². The summed E-state index contributed by atoms with van der Waals surface area (Å²) in [5.41, 5.74) is 2.85. The van der Waals surface area contributed by atoms with Crippen molar-refractivity contribution >= 4 is 5.96 Å². The van der Waals surface area contributed by atoms with E-state index in [0.717, 1.165) is 31.3 Å². The van der Waals surface area contributed by atoms with E-state index in [1.165, 1.54) is 31.2 Å². The molecule has 1 saturated carbocycles. The molecular weight excluding hydrogens is 300 g/mol. The highest BCUT2D eigenvalue weighted by Gasteiger charge is 2.43. The van der Waals surface area contributed by atoms with Gasteiger partial charge in [0.2, 0.25) is 0 Å². The summed E-state index contributed by atoms with van der Waals surface area (Å²) in [7, 11) is 1.88. The monoisotopic (exact) mass is 324 g/mol. The number of rotatable bonds is 3. The lowest BCUT2D eigenvalue weighted by molar-refractivity contribution is 0.151. The van der Waals surface area contributed by atoms with Crippen LogP contribution >= 0.6 is 0 Å². The van der Waals surface area contributed by atoms with E-state index in [0.29, 0.717) is 5.41 Å². The maximum absolute atomic E-state index is 4.48. The maximum atomic E-state index is 4.48. The first-order chi connectivity index (χ1) is 11.8. The van der Waals surface area contributed by atoms with Crippen molar-refractivity contribution in [1.29, 1.82) is 0 Å². The van der Waals surface area contributed by atoms with Crippen molar-refractivity contribution in [1.82, 2.24) is 25.0 Å². The molecule has 1 aromatic heterocycles. The molecular formula is C18H24N6. The fourth-order valence-corrected chi connectivity index (χ4v) is 3.82. The Kier molecular flexibility index (Phi) is 3.96. The van der Waals surface area contributed by atoms with Crippen molar-refractivity contribution in [2.24, 2.45) is 10.4 Å². The van der Waals surface area contributed by atoms with Gasteiger partial charge in [0.1, 0.15) is 12.7 Å². The zero-order chi connectivity index (χ0) is 16.4. The fraction of sp³-hybridized carbons (Fsp3) is 0.500. The normalized spacial score (nSPS) is 19.5. The summed E-state index contributed by atoms with van der Waals surface area (Å²) < 4.78 is 1.76. The van der Waals surface area contributed by atoms with Gasteiger partial charge in [-0.2, -0.15) is 5.10 Å². The van der Waals surface area contributed by atoms with E-state index in [9.17, 15) is 0 Å². The summed E-state index contributed by atoms with van der Waals surface area (Å²) in [5, 5.41) is 7.66. The zero-order valence-corrected chi connectivity index (χ0v) is 14.1. The summed E-state index contributed by atoms with van der Waals surface area (Å²) >= 11 is 0. The van der Waals surface area contributed by atoms with Crippen LogP contribution in [0, 0.1) is 5.41 Å². The number of likely N-dealkylation sites (tertiary alicyclic amines) is 1. The number of hydrogen-bond donors (Lipinski definition) is 1. The molecule has 0 unspecified atom stereocenters. The fourth-order valence-electron chi connectivity index (χ4n) is 3.82. The Morgan fingerprint density at radius 1 is 1.25 bits per heavy atom. The second-order valence-corrected chi connectivity index (χ2v) is 6.93. The van der Waals surface area contributed by atoms with Crippen molar-refractivity contribution in [2.45, 2.75) is 32.2 Å². The van der Waals surface area contributed by atoms with Crippen LogP contribution in [0.15, 0.2) is 41.9 Å². The number of guanidine groups is 1. The van der Waals surface area contributed by atoms with E-state index in [4.69, 9.17) is 0 Å². The molecule has 0 atom stereocenters. The number of aliphatic imine (C=N–C) groups is 1. The molecule has 1 N–H and O–H groups in total. The quantitative estimate of drug-likeness (QED) is 0.695. The van der Waals surface area contributed by atoms with Crippen LogP contribution in [0.25, 0.3) is 5.69 Å². The van der Waals surface area contributed by atoms with Gasteiger partial charge < -0.3 is 10.2 Å². The van der Waals surface area contributed by atoms with Gasteiger partial charge in [-0.1, -0.05) is 18.6 Å². The first kappa shape index (κ1) is 15.2. The highest BCUT2D eigenvalue weighted by atomic mass is 15.3. The molecule has 6 nitrogen and oxygen atoms in total. The Morgan fingerprint density at radius 3 is 2.67 bits per heavy atom. The Morgan fingerprint density at radius 2 is 2.08 bits per heavy atom. The molecule has 4 rings (SSSR count). The topological polar surface area (TPSA) is 58.3 Å². The zero-order valence-electron chi connectivity index (χ0n) is 14.1. The average Bonchev–Trinajstić information content (AvgIpc) is 3.26. The first-order valence-corrected chi connectivity index (χ1v) is 8.68. The van der Waals surface area contributed by atoms with Crippen LogP contribution < -0.4 is 5.32 Å². The van der Waals surface area contributed by atoms with Crippen molar-refractivity contribution in [3.05, 3.63) is 42.5 Å². The molecule has 2 fully saturated rings. The summed E-state index contributed by atoms with van der Waals surface area (Å²) in [6.45, 7) is 3.08. The largest absolute Gasteiger partial charge is 0.352 e. The molecule has 126 valence electrons. The summed E-state index contributed by atoms with van der Waals surface area (Å²) in [5.74, 6) is 1.03. The molecule has 6 heteroatoms. The van der Waals surface area contributed by atoms with E-state index in [1.54, 1.807) is 17.3 Å². The highest BCUT2D eigenvalue weighted by molar-refractivity contribution is 5.80. The van der Waals surface area contributed by atoms with E-state index >= 15 is 0 Å². The van der Waals surface area contributed by atoms with E-state index < -0.39 is 0 Å². The summed E-state index contributed by atoms with van der Waals surface area (Å²) in [6, 6.07) is 8.37. The molecule has 0 amide bonds. The third kappa shape index (κ3) is 2.88. The predicted octanol–water partition coefficient (Wildman–Crippen LogP) is 2.22. The smallest absolute Gasteiger partial charge is 0.193 e. The molecule has 2 heterocycles. The molecule has 1 spiro atoms. The minimum absolute atomic E-state index is 0.594. The third-order valence-corrected chi connectivity index (χ3v) is 5.43. The molecule has 0 bridgehead atoms. The molecule has 1 aromatic carbocycles. The molecule has 2 aliphatic rings. The molecule has 0 radical (unpaired) electrons. The third-order valence-electron chi connectivity index (χ3n) is 5.43. The standard InChI is InChI=1S/C18H24N6/c1-19-17(23-10-9-18(12-23)7-2-8-18)21-11-15-3-5-16(6-4-15)24-14-20-13-22-24/h3-6,13-14H,2,7-12H2,1H3,(H,19,21). The first-order valence-electron chi connectivity index (χ1n) is 8.68. The van der Waals surface area contributed by atoms with Crippen LogP contribution in [0.4, 0.5) is 0 Å². The second-order valence-electron chi connectivity index (χ2n) is 6.93. The number of nitrogens with one attached hydrogen (secondary N) is 1. The Balaban J connectivity index is 1.35. The minimum Gasteiger partial charge on any atom is -0.352 e. The van der Waals surface area contributed by atoms with Crippen LogP contribution in [0.2, 0.25) is 0 Å². The average molecular weight is 324 g/mol. The molecule has 2 aromatic rings. The van der Waals surface area contributed by atoms with Gasteiger partial charge >= 0.3 is 0 Å². The van der Waals surface area contributed by atoms with Crippen LogP contribution in [-0.4, -0.2) is 45.8 Å². The van der Waals surface area contributed by atoms with Crippen molar-refractivity contribution in [3.8, 4) is 5.69 Å². The van der Waals surface area contributed by atoms with Crippen molar-refractivity contribution in [3.63, 3.8) is 0 Å². The van der Waals surface area contributed by atoms with Crippen LogP contribution in [0.5, 0.6) is 0 Å². The molecule has 1 aliphatic carbocycles. The molecule has 1 saturated heterocycles. The van der Waals surface area contributed by atoms with Gasteiger partial charge in [0.15, 0.2) is 5.96 Å². The Hall–Kier alpha value is -2.37. The number of aromatic nitrogens is 3.